The van der Waals surface area contributed by atoms with Gasteiger partial charge in [-0.15, -0.1) is 0 Å². The number of nitrogens with one attached hydrogen (secondary N) is 1. The molecule has 0 aromatic heterocycles. The lowest BCUT2D eigenvalue weighted by molar-refractivity contribution is -0.385. The van der Waals surface area contributed by atoms with E-state index in [0.717, 1.165) is 13.2 Å². The highest BCUT2D eigenvalue weighted by Crippen LogP contribution is 2.32. The highest BCUT2D eigenvalue weighted by Gasteiger charge is 2.39. The van der Waals surface area contributed by atoms with Crippen molar-refractivity contribution in [1.82, 2.24) is 0 Å². The lowest BCUT2D eigenvalue weighted by Gasteiger charge is -2.12. The molecule has 0 radical (unpaired) electrons. The summed E-state index contributed by atoms with van der Waals surface area (Å²) in [5.41, 5.74) is -1.72. The SMILES string of the molecule is COC(=O)c1cc([N+](=O)[O-])c(Br)cc1NC(=O)C(F)(F)F. The second-order valence-corrected chi connectivity index (χ2v) is 4.40. The monoisotopic (exact) mass is 370 g/mol. The van der Waals surface area contributed by atoms with Gasteiger partial charge in [-0.3, -0.25) is 14.9 Å². The molecule has 0 aliphatic carbocycles. The third-order valence-electron chi connectivity index (χ3n) is 2.19. The Kier molecular flexibility index (Phi) is 4.88. The zero-order valence-corrected chi connectivity index (χ0v) is 11.7. The van der Waals surface area contributed by atoms with E-state index in [1.54, 1.807) is 0 Å². The van der Waals surface area contributed by atoms with Gasteiger partial charge >= 0.3 is 18.1 Å². The van der Waals surface area contributed by atoms with E-state index in [2.05, 4.69) is 20.7 Å². The number of nitro benzene ring substituents is 1. The van der Waals surface area contributed by atoms with Crippen LogP contribution in [0.1, 0.15) is 10.4 Å². The number of ether oxygens (including phenoxy) is 1. The molecule has 1 N–H and O–H groups in total. The van der Waals surface area contributed by atoms with Gasteiger partial charge in [-0.1, -0.05) is 0 Å². The first-order chi connectivity index (χ1) is 9.57. The van der Waals surface area contributed by atoms with E-state index in [1.807, 2.05) is 0 Å². The number of nitro groups is 1. The van der Waals surface area contributed by atoms with Gasteiger partial charge in [0, 0.05) is 6.07 Å². The fourth-order valence-corrected chi connectivity index (χ4v) is 1.77. The zero-order valence-electron chi connectivity index (χ0n) is 10.2. The maximum absolute atomic E-state index is 12.2. The van der Waals surface area contributed by atoms with Crippen LogP contribution in [0.2, 0.25) is 0 Å². The van der Waals surface area contributed by atoms with Gasteiger partial charge in [-0.25, -0.2) is 4.79 Å². The van der Waals surface area contributed by atoms with Gasteiger partial charge < -0.3 is 10.1 Å². The molecule has 0 saturated carbocycles. The Morgan fingerprint density at radius 2 is 1.95 bits per heavy atom. The molecule has 0 unspecified atom stereocenters. The molecule has 1 rings (SSSR count). The molecule has 0 saturated heterocycles. The smallest absolute Gasteiger partial charge is 0.465 e. The van der Waals surface area contributed by atoms with Gasteiger partial charge in [0.05, 0.1) is 27.8 Å². The largest absolute Gasteiger partial charge is 0.471 e. The Labute approximate surface area is 123 Å². The van der Waals surface area contributed by atoms with E-state index >= 15 is 0 Å². The number of amides is 1. The maximum Gasteiger partial charge on any atom is 0.471 e. The average molecular weight is 371 g/mol. The molecule has 0 aliphatic rings. The second-order valence-electron chi connectivity index (χ2n) is 3.55. The third-order valence-corrected chi connectivity index (χ3v) is 2.83. The Morgan fingerprint density at radius 3 is 2.38 bits per heavy atom. The number of hydrogen-bond acceptors (Lipinski definition) is 5. The summed E-state index contributed by atoms with van der Waals surface area (Å²) in [6.07, 6.45) is -5.18. The van der Waals surface area contributed by atoms with Gasteiger partial charge in [0.2, 0.25) is 0 Å². The number of carbonyl (C=O) groups excluding carboxylic acids is 2. The van der Waals surface area contributed by atoms with Crippen molar-refractivity contribution in [2.75, 3.05) is 12.4 Å². The minimum Gasteiger partial charge on any atom is -0.465 e. The summed E-state index contributed by atoms with van der Waals surface area (Å²) in [6.45, 7) is 0. The van der Waals surface area contributed by atoms with Gasteiger partial charge in [0.25, 0.3) is 5.69 Å². The van der Waals surface area contributed by atoms with E-state index in [0.29, 0.717) is 6.07 Å². The Balaban J connectivity index is 3.37. The third kappa shape index (κ3) is 3.90. The van der Waals surface area contributed by atoms with Crippen LogP contribution in [0.5, 0.6) is 0 Å². The molecule has 21 heavy (non-hydrogen) atoms. The summed E-state index contributed by atoms with van der Waals surface area (Å²) < 4.78 is 40.7. The number of methoxy groups -OCH3 is 1. The predicted molar refractivity (Wildman–Crippen MR) is 66.8 cm³/mol. The van der Waals surface area contributed by atoms with Crippen molar-refractivity contribution < 1.29 is 32.4 Å². The molecule has 114 valence electrons. The van der Waals surface area contributed by atoms with Crippen molar-refractivity contribution in [3.63, 3.8) is 0 Å². The Morgan fingerprint density at radius 1 is 1.38 bits per heavy atom. The number of anilines is 1. The van der Waals surface area contributed by atoms with Crippen LogP contribution in [-0.2, 0) is 9.53 Å². The molecule has 1 amide bonds. The second kappa shape index (κ2) is 6.08. The minimum absolute atomic E-state index is 0.211. The molecule has 11 heteroatoms. The highest BCUT2D eigenvalue weighted by molar-refractivity contribution is 9.10. The average Bonchev–Trinajstić information content (AvgIpc) is 2.36. The summed E-state index contributed by atoms with van der Waals surface area (Å²) in [7, 11) is 0.936. The first-order valence-corrected chi connectivity index (χ1v) is 5.81. The van der Waals surface area contributed by atoms with Crippen LogP contribution in [0.4, 0.5) is 24.5 Å². The number of hydrogen-bond donors (Lipinski definition) is 1. The van der Waals surface area contributed by atoms with Crippen molar-refractivity contribution >= 4 is 39.2 Å². The summed E-state index contributed by atoms with van der Waals surface area (Å²) in [5.74, 6) is -3.46. The van der Waals surface area contributed by atoms with Crippen LogP contribution in [0.25, 0.3) is 0 Å². The quantitative estimate of drug-likeness (QED) is 0.501. The van der Waals surface area contributed by atoms with Crippen LogP contribution in [0.15, 0.2) is 16.6 Å². The zero-order chi connectivity index (χ0) is 16.4. The molecular formula is C10H6BrF3N2O5. The molecule has 0 bridgehead atoms. The molecular weight excluding hydrogens is 365 g/mol. The van der Waals surface area contributed by atoms with E-state index in [1.165, 1.54) is 5.32 Å². The topological polar surface area (TPSA) is 98.5 Å². The fraction of sp³-hybridized carbons (Fsp3) is 0.200. The fourth-order valence-electron chi connectivity index (χ4n) is 1.28. The number of esters is 1. The molecule has 1 aromatic carbocycles. The van der Waals surface area contributed by atoms with Gasteiger partial charge in [-0.05, 0) is 22.0 Å². The van der Waals surface area contributed by atoms with Crippen molar-refractivity contribution in [3.8, 4) is 0 Å². The molecule has 0 fully saturated rings. The van der Waals surface area contributed by atoms with E-state index < -0.39 is 39.9 Å². The standard InChI is InChI=1S/C10H6BrF3N2O5/c1-21-8(17)4-2-7(16(19)20)5(11)3-6(4)15-9(18)10(12,13)14/h2-3H,1H3,(H,15,18). The lowest BCUT2D eigenvalue weighted by atomic mass is 10.1. The Hall–Kier alpha value is -2.17. The molecule has 0 spiro atoms. The summed E-state index contributed by atoms with van der Waals surface area (Å²) in [4.78, 5) is 32.2. The number of nitrogens with zero attached hydrogens (tertiary/aromatic N) is 1. The lowest BCUT2D eigenvalue weighted by Crippen LogP contribution is -2.30. The number of rotatable bonds is 3. The van der Waals surface area contributed by atoms with E-state index in [9.17, 15) is 32.9 Å². The first kappa shape index (κ1) is 16.9. The van der Waals surface area contributed by atoms with Crippen molar-refractivity contribution in [2.45, 2.75) is 6.18 Å². The van der Waals surface area contributed by atoms with Crippen LogP contribution in [-0.4, -0.2) is 30.1 Å². The normalized spacial score (nSPS) is 10.9. The van der Waals surface area contributed by atoms with Gasteiger partial charge in [0.1, 0.15) is 0 Å². The number of benzene rings is 1. The van der Waals surface area contributed by atoms with Gasteiger partial charge in [-0.2, -0.15) is 13.2 Å². The number of halogens is 4. The van der Waals surface area contributed by atoms with Crippen molar-refractivity contribution in [2.24, 2.45) is 0 Å². The summed E-state index contributed by atoms with van der Waals surface area (Å²) in [6, 6.07) is 1.51. The molecule has 0 heterocycles. The highest BCUT2D eigenvalue weighted by atomic mass is 79.9. The number of alkyl halides is 3. The van der Waals surface area contributed by atoms with Crippen molar-refractivity contribution in [3.05, 3.63) is 32.3 Å². The molecule has 1 aromatic rings. The van der Waals surface area contributed by atoms with Crippen molar-refractivity contribution in [1.29, 1.82) is 0 Å². The predicted octanol–water partition coefficient (Wildman–Crippen LogP) is 2.64. The molecule has 7 nitrogen and oxygen atoms in total. The molecule has 0 atom stereocenters. The summed E-state index contributed by atoms with van der Waals surface area (Å²) >= 11 is 2.77. The molecule has 0 aliphatic heterocycles. The van der Waals surface area contributed by atoms with Gasteiger partial charge in [0.15, 0.2) is 0 Å². The Bertz CT molecular complexity index is 617. The first-order valence-electron chi connectivity index (χ1n) is 5.02. The van der Waals surface area contributed by atoms with Crippen LogP contribution < -0.4 is 5.32 Å². The van der Waals surface area contributed by atoms with E-state index in [-0.39, 0.29) is 4.47 Å². The van der Waals surface area contributed by atoms with Crippen LogP contribution in [0, 0.1) is 10.1 Å². The number of carbonyl (C=O) groups is 2. The van der Waals surface area contributed by atoms with Crippen LogP contribution >= 0.6 is 15.9 Å². The summed E-state index contributed by atoms with van der Waals surface area (Å²) in [5, 5.41) is 12.2. The maximum atomic E-state index is 12.2. The van der Waals surface area contributed by atoms with E-state index in [4.69, 9.17) is 0 Å². The minimum atomic E-state index is -5.18. The van der Waals surface area contributed by atoms with Crippen LogP contribution in [0.3, 0.4) is 0 Å².